The van der Waals surface area contributed by atoms with Gasteiger partial charge in [-0.15, -0.1) is 0 Å². The van der Waals surface area contributed by atoms with Crippen molar-refractivity contribution in [3.05, 3.63) is 22.3 Å². The lowest BCUT2D eigenvalue weighted by molar-refractivity contribution is -0.0603. The summed E-state index contributed by atoms with van der Waals surface area (Å²) in [5, 5.41) is 3.74. The van der Waals surface area contributed by atoms with E-state index in [0.29, 0.717) is 11.5 Å². The standard InChI is InChI=1S/C18H25BrN2/c1-11-3-16(19)17(20-10-11)21-12(2)18-7-13-4-14(8-18)6-15(5-13)9-18/h3,10,12-15H,4-9H2,1-2H3,(H,20,21). The maximum absolute atomic E-state index is 4.59. The van der Waals surface area contributed by atoms with Crippen LogP contribution in [0, 0.1) is 30.1 Å². The number of aryl methyl sites for hydroxylation is 1. The highest BCUT2D eigenvalue weighted by Crippen LogP contribution is 2.61. The Hall–Kier alpha value is -0.570. The van der Waals surface area contributed by atoms with E-state index in [0.717, 1.165) is 28.0 Å². The zero-order valence-corrected chi connectivity index (χ0v) is 14.6. The lowest BCUT2D eigenvalue weighted by atomic mass is 9.48. The summed E-state index contributed by atoms with van der Waals surface area (Å²) in [5.74, 6) is 4.04. The van der Waals surface area contributed by atoms with Gasteiger partial charge < -0.3 is 5.32 Å². The van der Waals surface area contributed by atoms with Gasteiger partial charge in [-0.1, -0.05) is 0 Å². The van der Waals surface area contributed by atoms with Gasteiger partial charge in [0.25, 0.3) is 0 Å². The molecule has 2 nitrogen and oxygen atoms in total. The van der Waals surface area contributed by atoms with Gasteiger partial charge >= 0.3 is 0 Å². The minimum absolute atomic E-state index is 0.525. The predicted molar refractivity (Wildman–Crippen MR) is 90.4 cm³/mol. The van der Waals surface area contributed by atoms with Gasteiger partial charge in [-0.05, 0) is 103 Å². The first kappa shape index (κ1) is 14.0. The first-order valence-corrected chi connectivity index (χ1v) is 9.22. The van der Waals surface area contributed by atoms with Crippen molar-refractivity contribution in [3.63, 3.8) is 0 Å². The quantitative estimate of drug-likeness (QED) is 0.814. The second-order valence-electron chi connectivity index (χ2n) is 7.99. The normalized spacial score (nSPS) is 38.5. The number of hydrogen-bond donors (Lipinski definition) is 1. The number of hydrogen-bond acceptors (Lipinski definition) is 2. The molecule has 21 heavy (non-hydrogen) atoms. The van der Waals surface area contributed by atoms with Crippen LogP contribution in [0.5, 0.6) is 0 Å². The number of pyridine rings is 1. The van der Waals surface area contributed by atoms with Crippen molar-refractivity contribution in [1.29, 1.82) is 0 Å². The number of rotatable bonds is 3. The van der Waals surface area contributed by atoms with E-state index in [4.69, 9.17) is 0 Å². The van der Waals surface area contributed by atoms with E-state index in [1.54, 1.807) is 0 Å². The minimum Gasteiger partial charge on any atom is -0.366 e. The second kappa shape index (κ2) is 4.97. The summed E-state index contributed by atoms with van der Waals surface area (Å²) >= 11 is 3.66. The Morgan fingerprint density at radius 2 is 1.76 bits per heavy atom. The first-order chi connectivity index (χ1) is 10.0. The summed E-state index contributed by atoms with van der Waals surface area (Å²) in [6.45, 7) is 4.48. The smallest absolute Gasteiger partial charge is 0.140 e. The molecule has 3 heteroatoms. The molecule has 114 valence electrons. The van der Waals surface area contributed by atoms with Gasteiger partial charge in [-0.3, -0.25) is 0 Å². The molecule has 0 saturated heterocycles. The number of anilines is 1. The van der Waals surface area contributed by atoms with E-state index < -0.39 is 0 Å². The van der Waals surface area contributed by atoms with Crippen LogP contribution in [0.4, 0.5) is 5.82 Å². The third kappa shape index (κ3) is 2.42. The highest BCUT2D eigenvalue weighted by molar-refractivity contribution is 9.10. The van der Waals surface area contributed by atoms with Gasteiger partial charge in [0.1, 0.15) is 5.82 Å². The molecule has 0 aliphatic heterocycles. The van der Waals surface area contributed by atoms with Crippen LogP contribution in [0.25, 0.3) is 0 Å². The fourth-order valence-electron chi connectivity index (χ4n) is 5.71. The summed E-state index contributed by atoms with van der Waals surface area (Å²) < 4.78 is 1.10. The van der Waals surface area contributed by atoms with E-state index >= 15 is 0 Å². The van der Waals surface area contributed by atoms with Crippen molar-refractivity contribution >= 4 is 21.7 Å². The number of aromatic nitrogens is 1. The SMILES string of the molecule is Cc1cnc(NC(C)C23CC4CC(CC(C4)C2)C3)c(Br)c1. The van der Waals surface area contributed by atoms with Crippen LogP contribution in [-0.2, 0) is 0 Å². The molecule has 4 aliphatic rings. The highest BCUT2D eigenvalue weighted by atomic mass is 79.9. The third-order valence-electron chi connectivity index (χ3n) is 6.34. The van der Waals surface area contributed by atoms with Crippen molar-refractivity contribution in [2.75, 3.05) is 5.32 Å². The maximum Gasteiger partial charge on any atom is 0.140 e. The first-order valence-electron chi connectivity index (χ1n) is 8.43. The van der Waals surface area contributed by atoms with Crippen LogP contribution < -0.4 is 5.32 Å². The predicted octanol–water partition coefficient (Wildman–Crippen LogP) is 5.17. The van der Waals surface area contributed by atoms with Crippen molar-refractivity contribution in [2.45, 2.75) is 58.4 Å². The lowest BCUT2D eigenvalue weighted by Crippen LogP contribution is -2.53. The van der Waals surface area contributed by atoms with Gasteiger partial charge in [0.15, 0.2) is 0 Å². The van der Waals surface area contributed by atoms with Crippen LogP contribution in [0.3, 0.4) is 0 Å². The Labute approximate surface area is 136 Å². The lowest BCUT2D eigenvalue weighted by Gasteiger charge is -2.59. The zero-order valence-electron chi connectivity index (χ0n) is 13.0. The molecule has 4 saturated carbocycles. The Morgan fingerprint density at radius 3 is 2.29 bits per heavy atom. The van der Waals surface area contributed by atoms with E-state index in [1.165, 1.54) is 44.1 Å². The molecule has 0 radical (unpaired) electrons. The summed E-state index contributed by atoms with van der Waals surface area (Å²) in [6, 6.07) is 2.68. The summed E-state index contributed by atoms with van der Waals surface area (Å²) in [6.07, 6.45) is 10.8. The molecular weight excluding hydrogens is 324 g/mol. The molecule has 0 aromatic carbocycles. The van der Waals surface area contributed by atoms with Crippen LogP contribution in [0.1, 0.15) is 51.0 Å². The molecular formula is C18H25BrN2. The minimum atomic E-state index is 0.525. The van der Waals surface area contributed by atoms with Crippen molar-refractivity contribution in [1.82, 2.24) is 4.98 Å². The van der Waals surface area contributed by atoms with E-state index in [2.05, 4.69) is 46.1 Å². The maximum atomic E-state index is 4.59. The number of nitrogens with zero attached hydrogens (tertiary/aromatic N) is 1. The zero-order chi connectivity index (χ0) is 14.6. The van der Waals surface area contributed by atoms with Gasteiger partial charge in [0, 0.05) is 12.2 Å². The molecule has 4 aliphatic carbocycles. The highest BCUT2D eigenvalue weighted by Gasteiger charge is 2.53. The van der Waals surface area contributed by atoms with Crippen molar-refractivity contribution in [2.24, 2.45) is 23.2 Å². The average molecular weight is 349 g/mol. The average Bonchev–Trinajstić information content (AvgIpc) is 2.40. The Kier molecular flexibility index (Phi) is 3.33. The molecule has 4 fully saturated rings. The van der Waals surface area contributed by atoms with Crippen LogP contribution >= 0.6 is 15.9 Å². The Balaban J connectivity index is 1.56. The van der Waals surface area contributed by atoms with E-state index in [-0.39, 0.29) is 0 Å². The summed E-state index contributed by atoms with van der Waals surface area (Å²) in [7, 11) is 0. The molecule has 1 unspecified atom stereocenters. The fraction of sp³-hybridized carbons (Fsp3) is 0.722. The van der Waals surface area contributed by atoms with Gasteiger partial charge in [0.2, 0.25) is 0 Å². The van der Waals surface area contributed by atoms with Crippen LogP contribution in [0.2, 0.25) is 0 Å². The second-order valence-corrected chi connectivity index (χ2v) is 8.84. The molecule has 1 N–H and O–H groups in total. The summed E-state index contributed by atoms with van der Waals surface area (Å²) in [5.41, 5.74) is 1.73. The molecule has 4 bridgehead atoms. The number of halogens is 1. The molecule has 1 aromatic heterocycles. The molecule has 1 atom stereocenters. The topological polar surface area (TPSA) is 24.9 Å². The van der Waals surface area contributed by atoms with Gasteiger partial charge in [-0.2, -0.15) is 0 Å². The fourth-order valence-corrected chi connectivity index (χ4v) is 6.28. The van der Waals surface area contributed by atoms with Gasteiger partial charge in [-0.25, -0.2) is 4.98 Å². The monoisotopic (exact) mass is 348 g/mol. The van der Waals surface area contributed by atoms with E-state index in [9.17, 15) is 0 Å². The van der Waals surface area contributed by atoms with Crippen molar-refractivity contribution < 1.29 is 0 Å². The molecule has 1 aromatic rings. The largest absolute Gasteiger partial charge is 0.366 e. The third-order valence-corrected chi connectivity index (χ3v) is 6.94. The van der Waals surface area contributed by atoms with Crippen LogP contribution in [-0.4, -0.2) is 11.0 Å². The molecule has 5 rings (SSSR count). The van der Waals surface area contributed by atoms with Crippen LogP contribution in [0.15, 0.2) is 16.7 Å². The van der Waals surface area contributed by atoms with E-state index in [1.807, 2.05) is 6.20 Å². The van der Waals surface area contributed by atoms with Gasteiger partial charge in [0.05, 0.1) is 4.47 Å². The Morgan fingerprint density at radius 1 is 1.19 bits per heavy atom. The molecule has 0 amide bonds. The Bertz CT molecular complexity index is 519. The summed E-state index contributed by atoms with van der Waals surface area (Å²) in [4.78, 5) is 4.59. The number of nitrogens with one attached hydrogen (secondary N) is 1. The molecule has 1 heterocycles. The molecule has 0 spiro atoms. The van der Waals surface area contributed by atoms with Crippen molar-refractivity contribution in [3.8, 4) is 0 Å².